The average molecular weight is 136 g/mol. The largest absolute Gasteiger partial charge is 0.0593 e. The van der Waals surface area contributed by atoms with Crippen LogP contribution in [0.2, 0.25) is 0 Å². The van der Waals surface area contributed by atoms with E-state index in [4.69, 9.17) is 0 Å². The van der Waals surface area contributed by atoms with Gasteiger partial charge in [0.25, 0.3) is 0 Å². The van der Waals surface area contributed by atoms with Gasteiger partial charge in [0.1, 0.15) is 0 Å². The van der Waals surface area contributed by atoms with E-state index in [1.54, 1.807) is 19.3 Å². The molecule has 3 fully saturated rings. The van der Waals surface area contributed by atoms with Crippen molar-refractivity contribution in [1.82, 2.24) is 0 Å². The minimum atomic E-state index is 0.774. The van der Waals surface area contributed by atoms with Crippen LogP contribution in [0.1, 0.15) is 33.1 Å². The zero-order valence-corrected chi connectivity index (χ0v) is 6.93. The van der Waals surface area contributed by atoms with Crippen molar-refractivity contribution in [2.45, 2.75) is 33.1 Å². The van der Waals surface area contributed by atoms with Crippen LogP contribution in [0.15, 0.2) is 0 Å². The lowest BCUT2D eigenvalue weighted by molar-refractivity contribution is 0.195. The van der Waals surface area contributed by atoms with Gasteiger partial charge < -0.3 is 0 Å². The normalized spacial score (nSPS) is 60.6. The lowest BCUT2D eigenvalue weighted by atomic mass is 9.77. The van der Waals surface area contributed by atoms with Gasteiger partial charge >= 0.3 is 0 Å². The summed E-state index contributed by atoms with van der Waals surface area (Å²) in [5, 5.41) is 0. The maximum absolute atomic E-state index is 2.47. The molecule has 0 aromatic carbocycles. The molecule has 0 N–H and O–H groups in total. The molecule has 0 nitrogen and oxygen atoms in total. The molecule has 0 radical (unpaired) electrons. The summed E-state index contributed by atoms with van der Waals surface area (Å²) in [5.74, 6) is 4.69. The highest BCUT2D eigenvalue weighted by Crippen LogP contribution is 2.79. The van der Waals surface area contributed by atoms with Crippen LogP contribution in [0.5, 0.6) is 0 Å². The van der Waals surface area contributed by atoms with Crippen molar-refractivity contribution in [2.24, 2.45) is 29.1 Å². The monoisotopic (exact) mass is 136 g/mol. The second-order valence-electron chi connectivity index (χ2n) is 5.13. The summed E-state index contributed by atoms with van der Waals surface area (Å²) in [6.07, 6.45) is 4.67. The van der Waals surface area contributed by atoms with E-state index in [0.717, 1.165) is 5.41 Å². The maximum Gasteiger partial charge on any atom is -0.0286 e. The van der Waals surface area contributed by atoms with Crippen LogP contribution < -0.4 is 0 Å². The Morgan fingerprint density at radius 1 is 1.00 bits per heavy atom. The van der Waals surface area contributed by atoms with E-state index in [2.05, 4.69) is 13.8 Å². The Morgan fingerprint density at radius 3 is 2.00 bits per heavy atom. The molecule has 0 heteroatoms. The minimum absolute atomic E-state index is 0.774. The Labute approximate surface area is 63.0 Å². The van der Waals surface area contributed by atoms with Crippen molar-refractivity contribution in [3.63, 3.8) is 0 Å². The molecule has 3 saturated carbocycles. The Balaban J connectivity index is 1.89. The van der Waals surface area contributed by atoms with Crippen LogP contribution in [-0.4, -0.2) is 0 Å². The van der Waals surface area contributed by atoms with Crippen LogP contribution in [-0.2, 0) is 0 Å². The highest BCUT2D eigenvalue weighted by Gasteiger charge is 2.74. The lowest BCUT2D eigenvalue weighted by Crippen LogP contribution is -2.23. The fourth-order valence-corrected chi connectivity index (χ4v) is 4.12. The van der Waals surface area contributed by atoms with Gasteiger partial charge in [0.05, 0.1) is 0 Å². The summed E-state index contributed by atoms with van der Waals surface area (Å²) in [5.41, 5.74) is 0.774. The lowest BCUT2D eigenvalue weighted by Gasteiger charge is -2.28. The number of fused-ring (bicyclic) bond motifs is 4. The molecule has 3 aliphatic rings. The molecule has 0 saturated heterocycles. The Bertz CT molecular complexity index is 150. The van der Waals surface area contributed by atoms with Gasteiger partial charge in [0.2, 0.25) is 0 Å². The second kappa shape index (κ2) is 1.31. The average Bonchev–Trinajstić information content (AvgIpc) is 2.16. The zero-order chi connectivity index (χ0) is 6.93. The predicted octanol–water partition coefficient (Wildman–Crippen LogP) is 2.69. The zero-order valence-electron chi connectivity index (χ0n) is 6.93. The van der Waals surface area contributed by atoms with Gasteiger partial charge in [-0.25, -0.2) is 0 Å². The topological polar surface area (TPSA) is 0 Å². The summed E-state index contributed by atoms with van der Waals surface area (Å²) >= 11 is 0. The molecule has 0 heterocycles. The first-order valence-electron chi connectivity index (χ1n) is 4.73. The molecule has 0 amide bonds. The highest BCUT2D eigenvalue weighted by molar-refractivity contribution is 5.21. The van der Waals surface area contributed by atoms with Gasteiger partial charge in [-0.05, 0) is 41.9 Å². The Kier molecular flexibility index (Phi) is 0.735. The Morgan fingerprint density at radius 2 is 1.50 bits per heavy atom. The molecule has 0 spiro atoms. The SMILES string of the molecule is CC1(C)C2C3CCCC3C21. The summed E-state index contributed by atoms with van der Waals surface area (Å²) < 4.78 is 0. The van der Waals surface area contributed by atoms with Gasteiger partial charge in [-0.1, -0.05) is 20.3 Å². The van der Waals surface area contributed by atoms with E-state index in [0.29, 0.717) is 0 Å². The van der Waals surface area contributed by atoms with Crippen molar-refractivity contribution < 1.29 is 0 Å². The molecule has 56 valence electrons. The highest BCUT2D eigenvalue weighted by atomic mass is 14.8. The van der Waals surface area contributed by atoms with Gasteiger partial charge in [-0.15, -0.1) is 0 Å². The van der Waals surface area contributed by atoms with E-state index >= 15 is 0 Å². The summed E-state index contributed by atoms with van der Waals surface area (Å²) in [4.78, 5) is 0. The van der Waals surface area contributed by atoms with Crippen molar-refractivity contribution in [1.29, 1.82) is 0 Å². The molecule has 4 unspecified atom stereocenters. The maximum atomic E-state index is 2.47. The predicted molar refractivity (Wildman–Crippen MR) is 41.6 cm³/mol. The van der Waals surface area contributed by atoms with E-state index in [1.165, 1.54) is 23.7 Å². The molecule has 0 aromatic heterocycles. The first-order chi connectivity index (χ1) is 4.73. The fourth-order valence-electron chi connectivity index (χ4n) is 4.12. The van der Waals surface area contributed by atoms with E-state index in [-0.39, 0.29) is 0 Å². The Hall–Kier alpha value is 0. The molecule has 10 heavy (non-hydrogen) atoms. The second-order valence-corrected chi connectivity index (χ2v) is 5.13. The summed E-state index contributed by atoms with van der Waals surface area (Å²) in [7, 11) is 0. The standard InChI is InChI=1S/C10H16/c1-10(2)8-6-4-3-5-7(6)9(8)10/h6-9H,3-5H2,1-2H3. The van der Waals surface area contributed by atoms with Gasteiger partial charge in [0.15, 0.2) is 0 Å². The number of hydrogen-bond acceptors (Lipinski definition) is 0. The van der Waals surface area contributed by atoms with E-state index in [1.807, 2.05) is 0 Å². The van der Waals surface area contributed by atoms with Gasteiger partial charge in [-0.2, -0.15) is 0 Å². The van der Waals surface area contributed by atoms with Gasteiger partial charge in [0, 0.05) is 0 Å². The molecule has 0 aliphatic heterocycles. The first kappa shape index (κ1) is 5.62. The van der Waals surface area contributed by atoms with Gasteiger partial charge in [-0.3, -0.25) is 0 Å². The number of rotatable bonds is 0. The van der Waals surface area contributed by atoms with Crippen molar-refractivity contribution in [3.05, 3.63) is 0 Å². The molecule has 0 bridgehead atoms. The number of hydrogen-bond donors (Lipinski definition) is 0. The summed E-state index contributed by atoms with van der Waals surface area (Å²) in [6.45, 7) is 4.95. The molecule has 3 aliphatic carbocycles. The minimum Gasteiger partial charge on any atom is -0.0593 e. The van der Waals surface area contributed by atoms with E-state index < -0.39 is 0 Å². The third kappa shape index (κ3) is 0.383. The quantitative estimate of drug-likeness (QED) is 0.480. The van der Waals surface area contributed by atoms with Crippen LogP contribution in [0.4, 0.5) is 0 Å². The van der Waals surface area contributed by atoms with Crippen molar-refractivity contribution >= 4 is 0 Å². The molecule has 4 atom stereocenters. The molecule has 0 aromatic rings. The van der Waals surface area contributed by atoms with Crippen molar-refractivity contribution in [3.8, 4) is 0 Å². The smallest absolute Gasteiger partial charge is 0.0286 e. The molecular weight excluding hydrogens is 120 g/mol. The first-order valence-corrected chi connectivity index (χ1v) is 4.73. The van der Waals surface area contributed by atoms with Crippen LogP contribution >= 0.6 is 0 Å². The third-order valence-corrected chi connectivity index (χ3v) is 4.54. The van der Waals surface area contributed by atoms with Crippen LogP contribution in [0.25, 0.3) is 0 Å². The third-order valence-electron chi connectivity index (χ3n) is 4.54. The van der Waals surface area contributed by atoms with E-state index in [9.17, 15) is 0 Å². The summed E-state index contributed by atoms with van der Waals surface area (Å²) in [6, 6.07) is 0. The van der Waals surface area contributed by atoms with Crippen LogP contribution in [0, 0.1) is 29.1 Å². The van der Waals surface area contributed by atoms with Crippen LogP contribution in [0.3, 0.4) is 0 Å². The fraction of sp³-hybridized carbons (Fsp3) is 1.00. The molecule has 3 rings (SSSR count). The molecular formula is C10H16. The van der Waals surface area contributed by atoms with Crippen molar-refractivity contribution in [2.75, 3.05) is 0 Å².